The quantitative estimate of drug-likeness (QED) is 0.781. The second kappa shape index (κ2) is 6.26. The summed E-state index contributed by atoms with van der Waals surface area (Å²) in [6.07, 6.45) is 4.52. The third kappa shape index (κ3) is 3.01. The highest BCUT2D eigenvalue weighted by molar-refractivity contribution is 5.45. The predicted molar refractivity (Wildman–Crippen MR) is 76.2 cm³/mol. The van der Waals surface area contributed by atoms with Crippen LogP contribution in [0.1, 0.15) is 44.2 Å². The van der Waals surface area contributed by atoms with E-state index in [9.17, 15) is 10.2 Å². The van der Waals surface area contributed by atoms with Crippen LogP contribution < -0.4 is 5.73 Å². The molecule has 0 aromatic heterocycles. The van der Waals surface area contributed by atoms with Gasteiger partial charge in [0.1, 0.15) is 11.5 Å². The van der Waals surface area contributed by atoms with Crippen molar-refractivity contribution in [2.24, 2.45) is 5.73 Å². The van der Waals surface area contributed by atoms with E-state index in [1.54, 1.807) is 18.2 Å². The zero-order valence-electron chi connectivity index (χ0n) is 11.5. The molecule has 1 fully saturated rings. The van der Waals surface area contributed by atoms with Crippen molar-refractivity contribution in [3.63, 3.8) is 0 Å². The lowest BCUT2D eigenvalue weighted by Crippen LogP contribution is -2.42. The summed E-state index contributed by atoms with van der Waals surface area (Å²) < 4.78 is 0. The summed E-state index contributed by atoms with van der Waals surface area (Å²) in [5, 5.41) is 20.0. The Hall–Kier alpha value is -1.26. The summed E-state index contributed by atoms with van der Waals surface area (Å²) in [5.74, 6) is 0.342. The Kier molecular flexibility index (Phi) is 4.66. The van der Waals surface area contributed by atoms with Crippen molar-refractivity contribution in [3.05, 3.63) is 23.8 Å². The van der Waals surface area contributed by atoms with E-state index in [2.05, 4.69) is 4.90 Å². The number of phenolic OH excluding ortho intramolecular Hbond substituents is 2. The van der Waals surface area contributed by atoms with Gasteiger partial charge in [0.05, 0.1) is 5.56 Å². The highest BCUT2D eigenvalue weighted by Crippen LogP contribution is 2.38. The molecule has 0 radical (unpaired) electrons. The zero-order valence-corrected chi connectivity index (χ0v) is 11.5. The lowest BCUT2D eigenvalue weighted by molar-refractivity contribution is 0.0957. The second-order valence-corrected chi connectivity index (χ2v) is 5.35. The van der Waals surface area contributed by atoms with E-state index in [4.69, 9.17) is 5.73 Å². The minimum absolute atomic E-state index is 0.0121. The maximum atomic E-state index is 10.00. The van der Waals surface area contributed by atoms with Gasteiger partial charge in [0.25, 0.3) is 0 Å². The molecule has 1 aliphatic heterocycles. The molecule has 0 aliphatic carbocycles. The minimum atomic E-state index is 0.0121. The van der Waals surface area contributed by atoms with Crippen molar-refractivity contribution >= 4 is 0 Å². The Morgan fingerprint density at radius 3 is 2.63 bits per heavy atom. The number of likely N-dealkylation sites (tertiary alicyclic amines) is 1. The van der Waals surface area contributed by atoms with Crippen molar-refractivity contribution in [1.29, 1.82) is 0 Å². The summed E-state index contributed by atoms with van der Waals surface area (Å²) in [4.78, 5) is 2.37. The third-order valence-electron chi connectivity index (χ3n) is 4.15. The van der Waals surface area contributed by atoms with Crippen LogP contribution in [0.2, 0.25) is 0 Å². The van der Waals surface area contributed by atoms with Gasteiger partial charge >= 0.3 is 0 Å². The van der Waals surface area contributed by atoms with Crippen LogP contribution in [0.15, 0.2) is 18.2 Å². The van der Waals surface area contributed by atoms with Crippen LogP contribution in [-0.4, -0.2) is 34.2 Å². The summed E-state index contributed by atoms with van der Waals surface area (Å²) in [7, 11) is 0. The number of piperidine rings is 1. The topological polar surface area (TPSA) is 69.7 Å². The first kappa shape index (κ1) is 14.2. The lowest BCUT2D eigenvalue weighted by Gasteiger charge is -2.40. The van der Waals surface area contributed by atoms with Crippen molar-refractivity contribution < 1.29 is 10.2 Å². The fourth-order valence-corrected chi connectivity index (χ4v) is 3.17. The van der Waals surface area contributed by atoms with Gasteiger partial charge in [-0.2, -0.15) is 0 Å². The number of hydrogen-bond donors (Lipinski definition) is 3. The SMILES string of the molecule is CC(c1c(O)cccc1O)N1CCCCC1CCN. The van der Waals surface area contributed by atoms with Crippen LogP contribution in [0.25, 0.3) is 0 Å². The molecule has 1 heterocycles. The van der Waals surface area contributed by atoms with E-state index in [0.717, 1.165) is 19.4 Å². The molecule has 1 aromatic rings. The Morgan fingerprint density at radius 2 is 2.00 bits per heavy atom. The molecular weight excluding hydrogens is 240 g/mol. The Morgan fingerprint density at radius 1 is 1.32 bits per heavy atom. The van der Waals surface area contributed by atoms with Crippen LogP contribution in [0, 0.1) is 0 Å². The van der Waals surface area contributed by atoms with Crippen LogP contribution in [0.5, 0.6) is 11.5 Å². The van der Waals surface area contributed by atoms with Crippen molar-refractivity contribution in [1.82, 2.24) is 4.90 Å². The average Bonchev–Trinajstić information content (AvgIpc) is 2.39. The highest BCUT2D eigenvalue weighted by atomic mass is 16.3. The average molecular weight is 264 g/mol. The minimum Gasteiger partial charge on any atom is -0.507 e. The fourth-order valence-electron chi connectivity index (χ4n) is 3.17. The van der Waals surface area contributed by atoms with Crippen LogP contribution in [-0.2, 0) is 0 Å². The van der Waals surface area contributed by atoms with Gasteiger partial charge in [-0.3, -0.25) is 4.90 Å². The van der Waals surface area contributed by atoms with Crippen LogP contribution in [0.3, 0.4) is 0 Å². The van der Waals surface area contributed by atoms with E-state index < -0.39 is 0 Å². The van der Waals surface area contributed by atoms with E-state index in [1.807, 2.05) is 6.92 Å². The van der Waals surface area contributed by atoms with Gasteiger partial charge < -0.3 is 15.9 Å². The summed E-state index contributed by atoms with van der Waals surface area (Å²) in [6.45, 7) is 3.73. The van der Waals surface area contributed by atoms with Gasteiger partial charge in [-0.1, -0.05) is 12.5 Å². The molecule has 19 heavy (non-hydrogen) atoms. The van der Waals surface area contributed by atoms with Gasteiger partial charge in [-0.25, -0.2) is 0 Å². The molecule has 2 unspecified atom stereocenters. The first-order valence-electron chi connectivity index (χ1n) is 7.11. The lowest BCUT2D eigenvalue weighted by atomic mass is 9.94. The maximum Gasteiger partial charge on any atom is 0.124 e. The molecule has 106 valence electrons. The summed E-state index contributed by atoms with van der Waals surface area (Å²) >= 11 is 0. The first-order chi connectivity index (χ1) is 9.15. The smallest absolute Gasteiger partial charge is 0.124 e. The van der Waals surface area contributed by atoms with Gasteiger partial charge in [-0.15, -0.1) is 0 Å². The predicted octanol–water partition coefficient (Wildman–Crippen LogP) is 2.36. The van der Waals surface area contributed by atoms with Gasteiger partial charge in [0, 0.05) is 12.1 Å². The molecule has 2 rings (SSSR count). The molecule has 2 atom stereocenters. The van der Waals surface area contributed by atoms with E-state index in [0.29, 0.717) is 18.2 Å². The number of phenols is 2. The fraction of sp³-hybridized carbons (Fsp3) is 0.600. The molecular formula is C15H24N2O2. The molecule has 1 aromatic carbocycles. The molecule has 0 amide bonds. The standard InChI is InChI=1S/C15H24N2O2/c1-11(15-13(18)6-4-7-14(15)19)17-10-3-2-5-12(17)8-9-16/h4,6-7,11-12,18-19H,2-3,5,8-10,16H2,1H3. The Bertz CT molecular complexity index is 400. The molecule has 1 saturated heterocycles. The molecule has 0 saturated carbocycles. The first-order valence-corrected chi connectivity index (χ1v) is 7.11. The molecule has 4 nitrogen and oxygen atoms in total. The number of rotatable bonds is 4. The number of nitrogens with two attached hydrogens (primary N) is 1. The Labute approximate surface area is 114 Å². The molecule has 1 aliphatic rings. The molecule has 0 bridgehead atoms. The summed E-state index contributed by atoms with van der Waals surface area (Å²) in [5.41, 5.74) is 6.33. The summed E-state index contributed by atoms with van der Waals surface area (Å²) in [6, 6.07) is 5.39. The number of aromatic hydroxyl groups is 2. The highest BCUT2D eigenvalue weighted by Gasteiger charge is 2.29. The Balaban J connectivity index is 2.23. The molecule has 4 N–H and O–H groups in total. The van der Waals surface area contributed by atoms with Crippen LogP contribution >= 0.6 is 0 Å². The normalized spacial score (nSPS) is 22.3. The van der Waals surface area contributed by atoms with Gasteiger partial charge in [0.15, 0.2) is 0 Å². The zero-order chi connectivity index (χ0) is 13.8. The monoisotopic (exact) mass is 264 g/mol. The third-order valence-corrected chi connectivity index (χ3v) is 4.15. The number of nitrogens with zero attached hydrogens (tertiary/aromatic N) is 1. The van der Waals surface area contributed by atoms with Crippen molar-refractivity contribution in [3.8, 4) is 11.5 Å². The number of benzene rings is 1. The largest absolute Gasteiger partial charge is 0.507 e. The molecule has 4 heteroatoms. The van der Waals surface area contributed by atoms with Gasteiger partial charge in [0.2, 0.25) is 0 Å². The van der Waals surface area contributed by atoms with Crippen molar-refractivity contribution in [2.45, 2.75) is 44.7 Å². The van der Waals surface area contributed by atoms with E-state index in [-0.39, 0.29) is 17.5 Å². The van der Waals surface area contributed by atoms with Gasteiger partial charge in [-0.05, 0) is 51.4 Å². The van der Waals surface area contributed by atoms with E-state index in [1.165, 1.54) is 12.8 Å². The second-order valence-electron chi connectivity index (χ2n) is 5.35. The van der Waals surface area contributed by atoms with E-state index >= 15 is 0 Å². The molecule has 0 spiro atoms. The van der Waals surface area contributed by atoms with Crippen LogP contribution in [0.4, 0.5) is 0 Å². The maximum absolute atomic E-state index is 10.00. The van der Waals surface area contributed by atoms with Crippen molar-refractivity contribution in [2.75, 3.05) is 13.1 Å². The number of hydrogen-bond acceptors (Lipinski definition) is 4.